The van der Waals surface area contributed by atoms with E-state index in [9.17, 15) is 0 Å². The molecule has 0 aromatic heterocycles. The first-order valence-corrected chi connectivity index (χ1v) is 5.87. The van der Waals surface area contributed by atoms with Crippen molar-refractivity contribution in [3.05, 3.63) is 53.2 Å². The monoisotopic (exact) mass is 214 g/mol. The Balaban J connectivity index is 2.44. The second-order valence-corrected chi connectivity index (χ2v) is 4.43. The van der Waals surface area contributed by atoms with Crippen molar-refractivity contribution in [2.45, 2.75) is 6.42 Å². The van der Waals surface area contributed by atoms with Gasteiger partial charge in [-0.3, -0.25) is 0 Å². The quantitative estimate of drug-likeness (QED) is 0.504. The van der Waals surface area contributed by atoms with E-state index in [0.717, 1.165) is 12.0 Å². The molecule has 17 heavy (non-hydrogen) atoms. The first-order valence-electron chi connectivity index (χ1n) is 5.87. The van der Waals surface area contributed by atoms with E-state index in [-0.39, 0.29) is 0 Å². The minimum atomic E-state index is 0.845. The van der Waals surface area contributed by atoms with E-state index in [1.807, 2.05) is 0 Å². The molecule has 0 nitrogen and oxygen atoms in total. The van der Waals surface area contributed by atoms with Gasteiger partial charge in [0.1, 0.15) is 0 Å². The Hall–Kier alpha value is -2.26. The smallest absolute Gasteiger partial charge is 0.0330 e. The maximum absolute atomic E-state index is 3.27. The molecule has 0 N–H and O–H groups in total. The van der Waals surface area contributed by atoms with Crippen LogP contribution in [0.1, 0.15) is 12.0 Å². The van der Waals surface area contributed by atoms with Gasteiger partial charge in [0, 0.05) is 17.4 Å². The van der Waals surface area contributed by atoms with Crippen LogP contribution in [0.15, 0.2) is 42.5 Å². The summed E-state index contributed by atoms with van der Waals surface area (Å²) in [4.78, 5) is 0. The molecule has 78 valence electrons. The summed E-state index contributed by atoms with van der Waals surface area (Å²) in [6.07, 6.45) is 3.07. The van der Waals surface area contributed by atoms with Crippen molar-refractivity contribution < 1.29 is 0 Å². The Bertz CT molecular complexity index is 842. The third kappa shape index (κ3) is 1.14. The van der Waals surface area contributed by atoms with Gasteiger partial charge in [0.2, 0.25) is 0 Å². The standard InChI is InChI=1S/C17H10/c1-2-5-13-9-11-15-7-3-6-14-10-8-12(4-1)16(13)17(14)15/h3-4,6-11H,1H2. The lowest BCUT2D eigenvalue weighted by molar-refractivity contribution is 1.56. The maximum Gasteiger partial charge on any atom is 0.0330 e. The summed E-state index contributed by atoms with van der Waals surface area (Å²) in [5, 5.41) is 6.60. The molecule has 3 aromatic carbocycles. The summed E-state index contributed by atoms with van der Waals surface area (Å²) in [5.41, 5.74) is 1.16. The van der Waals surface area contributed by atoms with E-state index >= 15 is 0 Å². The van der Waals surface area contributed by atoms with Gasteiger partial charge in [-0.1, -0.05) is 54.3 Å². The van der Waals surface area contributed by atoms with Crippen LogP contribution in [-0.4, -0.2) is 0 Å². The zero-order chi connectivity index (χ0) is 11.2. The Kier molecular flexibility index (Phi) is 1.62. The minimum Gasteiger partial charge on any atom is -0.0937 e. The van der Waals surface area contributed by atoms with Crippen molar-refractivity contribution in [2.75, 3.05) is 0 Å². The summed E-state index contributed by atoms with van der Waals surface area (Å²) < 4.78 is 0. The van der Waals surface area contributed by atoms with Crippen LogP contribution in [0.3, 0.4) is 0 Å². The molecule has 0 saturated heterocycles. The first-order chi connectivity index (χ1) is 8.43. The fraction of sp³-hybridized carbons (Fsp3) is 0.0588. The van der Waals surface area contributed by atoms with Gasteiger partial charge in [0.15, 0.2) is 0 Å². The Morgan fingerprint density at radius 1 is 0.824 bits per heavy atom. The molecular formula is C17H10. The molecule has 4 rings (SSSR count). The zero-order valence-corrected chi connectivity index (χ0v) is 9.33. The normalized spacial score (nSPS) is 12.9. The molecule has 0 bridgehead atoms. The van der Waals surface area contributed by atoms with Crippen LogP contribution >= 0.6 is 0 Å². The molecule has 0 aliphatic heterocycles. The van der Waals surface area contributed by atoms with Crippen LogP contribution in [-0.2, 0) is 0 Å². The van der Waals surface area contributed by atoms with Gasteiger partial charge in [-0.2, -0.15) is 0 Å². The van der Waals surface area contributed by atoms with Gasteiger partial charge in [-0.25, -0.2) is 0 Å². The van der Waals surface area contributed by atoms with Gasteiger partial charge in [0.25, 0.3) is 0 Å². The van der Waals surface area contributed by atoms with Gasteiger partial charge in [-0.15, -0.1) is 0 Å². The predicted molar refractivity (Wildman–Crippen MR) is 72.6 cm³/mol. The first kappa shape index (κ1) is 8.84. The van der Waals surface area contributed by atoms with Crippen LogP contribution < -0.4 is 5.22 Å². The highest BCUT2D eigenvalue weighted by atomic mass is 14.1. The zero-order valence-electron chi connectivity index (χ0n) is 9.33. The van der Waals surface area contributed by atoms with Gasteiger partial charge in [0.05, 0.1) is 0 Å². The number of hydrogen-bond acceptors (Lipinski definition) is 0. The topological polar surface area (TPSA) is 0 Å². The molecule has 0 spiro atoms. The van der Waals surface area contributed by atoms with Crippen LogP contribution in [0.4, 0.5) is 0 Å². The van der Waals surface area contributed by atoms with Crippen LogP contribution in [0.5, 0.6) is 0 Å². The van der Waals surface area contributed by atoms with Crippen molar-refractivity contribution in [2.24, 2.45) is 0 Å². The van der Waals surface area contributed by atoms with Crippen molar-refractivity contribution in [1.82, 2.24) is 0 Å². The molecule has 0 unspecified atom stereocenters. The van der Waals surface area contributed by atoms with Crippen molar-refractivity contribution >= 4 is 27.6 Å². The van der Waals surface area contributed by atoms with Crippen LogP contribution in [0, 0.1) is 11.8 Å². The molecule has 3 aromatic rings. The lowest BCUT2D eigenvalue weighted by atomic mass is 9.96. The molecule has 1 aliphatic carbocycles. The highest BCUT2D eigenvalue weighted by Gasteiger charge is 2.07. The van der Waals surface area contributed by atoms with Gasteiger partial charge >= 0.3 is 0 Å². The second-order valence-electron chi connectivity index (χ2n) is 4.43. The molecule has 0 atom stereocenters. The Morgan fingerprint density at radius 2 is 1.65 bits per heavy atom. The highest BCUT2D eigenvalue weighted by Crippen LogP contribution is 2.27. The molecule has 0 amide bonds. The van der Waals surface area contributed by atoms with E-state index in [1.165, 1.54) is 26.8 Å². The summed E-state index contributed by atoms with van der Waals surface area (Å²) in [6, 6.07) is 15.2. The molecule has 0 heteroatoms. The summed E-state index contributed by atoms with van der Waals surface area (Å²) >= 11 is 0. The third-order valence-electron chi connectivity index (χ3n) is 3.46. The second kappa shape index (κ2) is 3.12. The molecule has 0 saturated carbocycles. The van der Waals surface area contributed by atoms with E-state index in [2.05, 4.69) is 60.4 Å². The Morgan fingerprint density at radius 3 is 2.53 bits per heavy atom. The molecule has 0 heterocycles. The molecule has 0 fully saturated rings. The van der Waals surface area contributed by atoms with Gasteiger partial charge < -0.3 is 0 Å². The molecule has 1 aliphatic rings. The fourth-order valence-corrected chi connectivity index (χ4v) is 2.69. The highest BCUT2D eigenvalue weighted by molar-refractivity contribution is 6.12. The van der Waals surface area contributed by atoms with Gasteiger partial charge in [-0.05, 0) is 27.4 Å². The van der Waals surface area contributed by atoms with E-state index in [0.29, 0.717) is 0 Å². The summed E-state index contributed by atoms with van der Waals surface area (Å²) in [5.74, 6) is 6.47. The lowest BCUT2D eigenvalue weighted by Crippen LogP contribution is -2.03. The SMILES string of the molecule is C1#Cc2ccc3cccc4ccc(c2c34)=CC1. The average molecular weight is 214 g/mol. The predicted octanol–water partition coefficient (Wildman–Crippen LogP) is 3.25. The maximum atomic E-state index is 3.27. The molecule has 0 radical (unpaired) electrons. The average Bonchev–Trinajstić information content (AvgIpc) is 2.59. The summed E-state index contributed by atoms with van der Waals surface area (Å²) in [6.45, 7) is 0. The Labute approximate surface area is 99.5 Å². The summed E-state index contributed by atoms with van der Waals surface area (Å²) in [7, 11) is 0. The number of benzene rings is 3. The largest absolute Gasteiger partial charge is 0.0937 e. The fourth-order valence-electron chi connectivity index (χ4n) is 2.69. The van der Waals surface area contributed by atoms with Crippen molar-refractivity contribution in [3.8, 4) is 11.8 Å². The lowest BCUT2D eigenvalue weighted by Gasteiger charge is -2.07. The number of rotatable bonds is 0. The van der Waals surface area contributed by atoms with Crippen LogP contribution in [0.25, 0.3) is 27.6 Å². The van der Waals surface area contributed by atoms with E-state index in [1.54, 1.807) is 0 Å². The van der Waals surface area contributed by atoms with Crippen molar-refractivity contribution in [3.63, 3.8) is 0 Å². The van der Waals surface area contributed by atoms with Crippen molar-refractivity contribution in [1.29, 1.82) is 0 Å². The van der Waals surface area contributed by atoms with E-state index < -0.39 is 0 Å². The third-order valence-corrected chi connectivity index (χ3v) is 3.46. The van der Waals surface area contributed by atoms with E-state index in [4.69, 9.17) is 0 Å². The van der Waals surface area contributed by atoms with Crippen LogP contribution in [0.2, 0.25) is 0 Å². The number of hydrogen-bond donors (Lipinski definition) is 0. The minimum absolute atomic E-state index is 0.845. The molecular weight excluding hydrogens is 204 g/mol.